The summed E-state index contributed by atoms with van der Waals surface area (Å²) in [7, 11) is 2.80. The predicted molar refractivity (Wildman–Crippen MR) is 123 cm³/mol. The van der Waals surface area contributed by atoms with Crippen molar-refractivity contribution in [2.75, 3.05) is 14.2 Å². The number of amides is 1. The highest BCUT2D eigenvalue weighted by Gasteiger charge is 2.47. The Kier molecular flexibility index (Phi) is 6.69. The molecule has 1 fully saturated rings. The van der Waals surface area contributed by atoms with E-state index in [0.29, 0.717) is 5.75 Å². The number of carbonyl (C=O) groups is 2. The number of aromatic nitrogens is 1. The van der Waals surface area contributed by atoms with E-state index in [1.807, 2.05) is 0 Å². The van der Waals surface area contributed by atoms with Gasteiger partial charge >= 0.3 is 6.18 Å². The van der Waals surface area contributed by atoms with E-state index in [2.05, 4.69) is 4.98 Å². The third kappa shape index (κ3) is 4.61. The molecule has 0 aliphatic carbocycles. The van der Waals surface area contributed by atoms with Gasteiger partial charge in [-0.1, -0.05) is 18.2 Å². The second-order valence-electron chi connectivity index (χ2n) is 7.95. The highest BCUT2D eigenvalue weighted by molar-refractivity contribution is 6.46. The van der Waals surface area contributed by atoms with Crippen LogP contribution in [0, 0.1) is 0 Å². The molecule has 1 aromatic heterocycles. The van der Waals surface area contributed by atoms with Gasteiger partial charge in [0.25, 0.3) is 11.7 Å². The molecular weight excluding hydrogens is 477 g/mol. The Morgan fingerprint density at radius 2 is 1.81 bits per heavy atom. The first-order chi connectivity index (χ1) is 17.2. The molecule has 1 aliphatic rings. The first kappa shape index (κ1) is 24.8. The second-order valence-corrected chi connectivity index (χ2v) is 7.95. The zero-order chi connectivity index (χ0) is 26.0. The van der Waals surface area contributed by atoms with Crippen LogP contribution in [-0.4, -0.2) is 40.9 Å². The number of benzene rings is 2. The van der Waals surface area contributed by atoms with Crippen molar-refractivity contribution in [2.45, 2.75) is 18.8 Å². The van der Waals surface area contributed by atoms with Crippen LogP contribution in [0.4, 0.5) is 13.2 Å². The fourth-order valence-electron chi connectivity index (χ4n) is 4.08. The van der Waals surface area contributed by atoms with Crippen molar-refractivity contribution in [3.63, 3.8) is 0 Å². The van der Waals surface area contributed by atoms with E-state index >= 15 is 0 Å². The van der Waals surface area contributed by atoms with Crippen molar-refractivity contribution in [1.29, 1.82) is 0 Å². The van der Waals surface area contributed by atoms with Crippen LogP contribution >= 0.6 is 0 Å². The normalized spacial score (nSPS) is 17.4. The van der Waals surface area contributed by atoms with Crippen molar-refractivity contribution in [1.82, 2.24) is 9.88 Å². The number of halogens is 3. The van der Waals surface area contributed by atoms with Gasteiger partial charge in [0, 0.05) is 12.7 Å². The van der Waals surface area contributed by atoms with E-state index in [-0.39, 0.29) is 34.7 Å². The van der Waals surface area contributed by atoms with Crippen molar-refractivity contribution < 1.29 is 37.3 Å². The lowest BCUT2D eigenvalue weighted by Gasteiger charge is -2.25. The molecule has 186 valence electrons. The van der Waals surface area contributed by atoms with E-state index in [0.717, 1.165) is 17.0 Å². The van der Waals surface area contributed by atoms with Crippen LogP contribution in [-0.2, 0) is 22.3 Å². The number of hydrogen-bond acceptors (Lipinski definition) is 6. The van der Waals surface area contributed by atoms with Gasteiger partial charge in [0.15, 0.2) is 0 Å². The lowest BCUT2D eigenvalue weighted by atomic mass is 9.97. The number of pyridine rings is 1. The molecule has 2 heterocycles. The van der Waals surface area contributed by atoms with Gasteiger partial charge in [0.05, 0.1) is 36.6 Å². The summed E-state index contributed by atoms with van der Waals surface area (Å²) >= 11 is 0. The maximum absolute atomic E-state index is 13.2. The molecule has 1 unspecified atom stereocenters. The Hall–Kier alpha value is -4.34. The van der Waals surface area contributed by atoms with Gasteiger partial charge in [-0.2, -0.15) is 13.2 Å². The molecule has 0 bridgehead atoms. The van der Waals surface area contributed by atoms with Gasteiger partial charge in [-0.15, -0.1) is 0 Å². The summed E-state index contributed by atoms with van der Waals surface area (Å²) < 4.78 is 50.3. The minimum atomic E-state index is -4.58. The lowest BCUT2D eigenvalue weighted by Crippen LogP contribution is -2.29. The first-order valence-electron chi connectivity index (χ1n) is 10.7. The highest BCUT2D eigenvalue weighted by atomic mass is 19.4. The molecule has 0 radical (unpaired) electrons. The number of rotatable bonds is 6. The van der Waals surface area contributed by atoms with E-state index in [1.54, 1.807) is 24.3 Å². The van der Waals surface area contributed by atoms with Crippen LogP contribution in [0.2, 0.25) is 0 Å². The molecule has 2 aromatic carbocycles. The third-order valence-electron chi connectivity index (χ3n) is 5.78. The third-order valence-corrected chi connectivity index (χ3v) is 5.78. The van der Waals surface area contributed by atoms with E-state index < -0.39 is 35.2 Å². The van der Waals surface area contributed by atoms with Crippen LogP contribution < -0.4 is 9.47 Å². The standard InChI is InChI=1S/C26H21F3N2O5/c1-35-17-9-10-20(36-2)18(13-17)23(32)21-22(19-8-3-4-11-30-19)31(25(34)24(21)33)14-15-6-5-7-16(12-15)26(27,28)29/h3-13,22,32H,14H2,1-2H3/b23-21+. The Balaban J connectivity index is 1.87. The van der Waals surface area contributed by atoms with E-state index in [4.69, 9.17) is 9.47 Å². The van der Waals surface area contributed by atoms with Crippen molar-refractivity contribution in [3.05, 3.63) is 94.8 Å². The number of hydrogen-bond donors (Lipinski definition) is 1. The second kappa shape index (κ2) is 9.73. The number of aliphatic hydroxyl groups excluding tert-OH is 1. The largest absolute Gasteiger partial charge is 0.507 e. The van der Waals surface area contributed by atoms with Crippen LogP contribution in [0.25, 0.3) is 5.76 Å². The number of ketones is 1. The van der Waals surface area contributed by atoms with Crippen LogP contribution in [0.5, 0.6) is 11.5 Å². The zero-order valence-corrected chi connectivity index (χ0v) is 19.2. The van der Waals surface area contributed by atoms with Crippen molar-refractivity contribution in [3.8, 4) is 11.5 Å². The van der Waals surface area contributed by atoms with Gasteiger partial charge in [0.2, 0.25) is 0 Å². The zero-order valence-electron chi connectivity index (χ0n) is 19.2. The number of nitrogens with zero attached hydrogens (tertiary/aromatic N) is 2. The highest BCUT2D eigenvalue weighted by Crippen LogP contribution is 2.42. The Labute approximate surface area is 204 Å². The fraction of sp³-hybridized carbons (Fsp3) is 0.192. The van der Waals surface area contributed by atoms with Crippen molar-refractivity contribution >= 4 is 17.4 Å². The topological polar surface area (TPSA) is 89.0 Å². The number of aliphatic hydroxyl groups is 1. The number of likely N-dealkylation sites (tertiary alicyclic amines) is 1. The number of Topliss-reactive ketones (excluding diaryl/α,β-unsaturated/α-hetero) is 1. The average molecular weight is 498 g/mol. The molecule has 0 spiro atoms. The first-order valence-corrected chi connectivity index (χ1v) is 10.7. The maximum atomic E-state index is 13.2. The van der Waals surface area contributed by atoms with Crippen molar-refractivity contribution in [2.24, 2.45) is 0 Å². The van der Waals surface area contributed by atoms with E-state index in [9.17, 15) is 27.9 Å². The Bertz CT molecular complexity index is 1340. The van der Waals surface area contributed by atoms with Crippen LogP contribution in [0.1, 0.15) is 28.4 Å². The number of methoxy groups -OCH3 is 2. The molecule has 7 nitrogen and oxygen atoms in total. The molecule has 1 aliphatic heterocycles. The van der Waals surface area contributed by atoms with Gasteiger partial charge < -0.3 is 19.5 Å². The number of carbonyl (C=O) groups excluding carboxylic acids is 2. The summed E-state index contributed by atoms with van der Waals surface area (Å²) in [5.74, 6) is -1.92. The molecule has 10 heteroatoms. The molecule has 0 saturated carbocycles. The summed E-state index contributed by atoms with van der Waals surface area (Å²) in [6, 6.07) is 12.7. The van der Waals surface area contributed by atoms with Gasteiger partial charge in [0.1, 0.15) is 23.3 Å². The Morgan fingerprint density at radius 3 is 2.44 bits per heavy atom. The van der Waals surface area contributed by atoms with Gasteiger partial charge in [-0.3, -0.25) is 14.6 Å². The molecule has 1 atom stereocenters. The minimum absolute atomic E-state index is 0.106. The van der Waals surface area contributed by atoms with Crippen LogP contribution in [0.15, 0.2) is 72.4 Å². The lowest BCUT2D eigenvalue weighted by molar-refractivity contribution is -0.140. The van der Waals surface area contributed by atoms with Gasteiger partial charge in [-0.25, -0.2) is 0 Å². The molecule has 1 N–H and O–H groups in total. The fourth-order valence-corrected chi connectivity index (χ4v) is 4.08. The SMILES string of the molecule is COc1ccc(OC)c(/C(O)=C2\C(=O)C(=O)N(Cc3cccc(C(F)(F)F)c3)C2c2ccccn2)c1. The van der Waals surface area contributed by atoms with E-state index in [1.165, 1.54) is 44.7 Å². The predicted octanol–water partition coefficient (Wildman–Crippen LogP) is 4.74. The maximum Gasteiger partial charge on any atom is 0.416 e. The molecule has 1 amide bonds. The minimum Gasteiger partial charge on any atom is -0.507 e. The molecule has 36 heavy (non-hydrogen) atoms. The summed E-state index contributed by atoms with van der Waals surface area (Å²) in [4.78, 5) is 31.7. The summed E-state index contributed by atoms with van der Waals surface area (Å²) in [6.07, 6.45) is -3.13. The van der Waals surface area contributed by atoms with Gasteiger partial charge in [-0.05, 0) is 48.0 Å². The quantitative estimate of drug-likeness (QED) is 0.300. The number of alkyl halides is 3. The molecule has 4 rings (SSSR count). The summed E-state index contributed by atoms with van der Waals surface area (Å²) in [5, 5.41) is 11.3. The molecule has 3 aromatic rings. The molecular formula is C26H21F3N2O5. The van der Waals surface area contributed by atoms with Crippen LogP contribution in [0.3, 0.4) is 0 Å². The monoisotopic (exact) mass is 498 g/mol. The summed E-state index contributed by atoms with van der Waals surface area (Å²) in [5.41, 5.74) is -0.627. The molecule has 1 saturated heterocycles. The average Bonchev–Trinajstić information content (AvgIpc) is 3.13. The smallest absolute Gasteiger partial charge is 0.416 e. The summed E-state index contributed by atoms with van der Waals surface area (Å²) in [6.45, 7) is -0.318. The Morgan fingerprint density at radius 1 is 1.03 bits per heavy atom. The number of ether oxygens (including phenoxy) is 2.